The molecule has 2 aromatic carbocycles. The van der Waals surface area contributed by atoms with Gasteiger partial charge in [0.1, 0.15) is 17.6 Å². The number of aromatic nitrogens is 3. The number of hydrogen-bond donors (Lipinski definition) is 0. The van der Waals surface area contributed by atoms with Gasteiger partial charge in [0.15, 0.2) is 0 Å². The van der Waals surface area contributed by atoms with Gasteiger partial charge in [-0.05, 0) is 85.8 Å². The summed E-state index contributed by atoms with van der Waals surface area (Å²) in [7, 11) is 1.60. The lowest BCUT2D eigenvalue weighted by Crippen LogP contribution is -2.19. The molecule has 5 rings (SSSR count). The van der Waals surface area contributed by atoms with Crippen LogP contribution in [0.2, 0.25) is 0 Å². The first-order chi connectivity index (χ1) is 18.7. The van der Waals surface area contributed by atoms with Crippen molar-refractivity contribution in [2.45, 2.75) is 57.5 Å². The van der Waals surface area contributed by atoms with E-state index >= 15 is 0 Å². The number of carbonyl (C=O) groups is 1. The number of esters is 1. The van der Waals surface area contributed by atoms with Crippen LogP contribution in [0, 0.1) is 11.8 Å². The topological polar surface area (TPSA) is 84.7 Å². The van der Waals surface area contributed by atoms with Crippen molar-refractivity contribution in [3.05, 3.63) is 65.4 Å². The molecule has 208 valence electrons. The summed E-state index contributed by atoms with van der Waals surface area (Å²) in [5.74, 6) is 1.36. The molecule has 2 saturated carbocycles. The number of halogens is 3. The molecule has 8 nitrogen and oxygen atoms in total. The van der Waals surface area contributed by atoms with Crippen LogP contribution in [0.5, 0.6) is 17.4 Å². The molecule has 2 fully saturated rings. The zero-order valence-corrected chi connectivity index (χ0v) is 21.7. The molecular formula is C28H30F3N3O5. The predicted molar refractivity (Wildman–Crippen MR) is 134 cm³/mol. The van der Waals surface area contributed by atoms with Crippen molar-refractivity contribution in [2.24, 2.45) is 11.8 Å². The Bertz CT molecular complexity index is 1260. The second-order valence-corrected chi connectivity index (χ2v) is 9.99. The first kappa shape index (κ1) is 26.8. The molecule has 0 amide bonds. The fourth-order valence-corrected chi connectivity index (χ4v) is 5.78. The summed E-state index contributed by atoms with van der Waals surface area (Å²) in [6.45, 7) is 2.30. The Morgan fingerprint density at radius 1 is 0.974 bits per heavy atom. The number of alkyl halides is 3. The molecule has 2 aliphatic carbocycles. The van der Waals surface area contributed by atoms with E-state index in [0.717, 1.165) is 42.6 Å². The minimum absolute atomic E-state index is 0.0569. The van der Waals surface area contributed by atoms with Gasteiger partial charge < -0.3 is 18.9 Å². The van der Waals surface area contributed by atoms with E-state index in [-0.39, 0.29) is 30.1 Å². The first-order valence-electron chi connectivity index (χ1n) is 13.0. The van der Waals surface area contributed by atoms with Gasteiger partial charge in [-0.25, -0.2) is 9.48 Å². The van der Waals surface area contributed by atoms with E-state index in [2.05, 4.69) is 15.0 Å². The Hall–Kier alpha value is -3.76. The van der Waals surface area contributed by atoms with Crippen LogP contribution in [-0.2, 0) is 11.3 Å². The third kappa shape index (κ3) is 6.29. The summed E-state index contributed by atoms with van der Waals surface area (Å²) in [4.78, 5) is 12.6. The quantitative estimate of drug-likeness (QED) is 0.316. The molecular weight excluding hydrogens is 515 g/mol. The number of benzene rings is 2. The number of rotatable bonds is 9. The summed E-state index contributed by atoms with van der Waals surface area (Å²) in [5.41, 5.74) is 2.02. The molecule has 3 aromatic rings. The number of fused-ring (bicyclic) bond motifs is 1. The fourth-order valence-electron chi connectivity index (χ4n) is 5.78. The molecule has 0 saturated heterocycles. The normalized spacial score (nSPS) is 22.4. The van der Waals surface area contributed by atoms with E-state index < -0.39 is 12.3 Å². The summed E-state index contributed by atoms with van der Waals surface area (Å²) in [5, 5.41) is 8.25. The Labute approximate surface area is 224 Å². The van der Waals surface area contributed by atoms with Gasteiger partial charge in [-0.3, -0.25) is 0 Å². The fraction of sp³-hybridized carbons (Fsp3) is 0.464. The van der Waals surface area contributed by atoms with Gasteiger partial charge in [-0.1, -0.05) is 29.5 Å². The second kappa shape index (κ2) is 11.2. The standard InChI is InChI=1S/C28H30F3N3O5/c1-3-37-27(35)25-26(34(33-32-25)16-17-4-8-22(36-2)9-5-17)38-24-14-20-12-19(13-21(20)15-24)18-6-10-23(11-7-18)39-28(29,30)31/h4-11,19-21,24H,3,12-16H2,1-2H3/t19?,20-,21+,24?. The zero-order valence-electron chi connectivity index (χ0n) is 21.7. The maximum absolute atomic E-state index is 12.6. The molecule has 2 aliphatic rings. The third-order valence-corrected chi connectivity index (χ3v) is 7.49. The number of methoxy groups -OCH3 is 1. The van der Waals surface area contributed by atoms with Gasteiger partial charge in [0.2, 0.25) is 11.6 Å². The maximum Gasteiger partial charge on any atom is 0.573 e. The molecule has 0 aliphatic heterocycles. The number of carbonyl (C=O) groups excluding carboxylic acids is 1. The molecule has 39 heavy (non-hydrogen) atoms. The van der Waals surface area contributed by atoms with Gasteiger partial charge in [0, 0.05) is 0 Å². The van der Waals surface area contributed by atoms with Gasteiger partial charge in [-0.2, -0.15) is 0 Å². The maximum atomic E-state index is 12.6. The number of hydrogen-bond acceptors (Lipinski definition) is 7. The van der Waals surface area contributed by atoms with Gasteiger partial charge in [0.05, 0.1) is 20.3 Å². The lowest BCUT2D eigenvalue weighted by molar-refractivity contribution is -0.274. The van der Waals surface area contributed by atoms with Crippen LogP contribution in [0.3, 0.4) is 0 Å². The minimum atomic E-state index is -4.70. The Morgan fingerprint density at radius 3 is 2.21 bits per heavy atom. The van der Waals surface area contributed by atoms with Gasteiger partial charge in [0.25, 0.3) is 0 Å². The van der Waals surface area contributed by atoms with Gasteiger partial charge in [-0.15, -0.1) is 18.3 Å². The van der Waals surface area contributed by atoms with E-state index in [1.54, 1.807) is 30.8 Å². The monoisotopic (exact) mass is 545 g/mol. The third-order valence-electron chi connectivity index (χ3n) is 7.49. The zero-order chi connectivity index (χ0) is 27.6. The van der Waals surface area contributed by atoms with Crippen LogP contribution in [0.25, 0.3) is 0 Å². The molecule has 0 spiro atoms. The molecule has 0 radical (unpaired) electrons. The summed E-state index contributed by atoms with van der Waals surface area (Å²) < 4.78 is 59.8. The van der Waals surface area contributed by atoms with Crippen molar-refractivity contribution < 1.29 is 36.9 Å². The Kier molecular flexibility index (Phi) is 7.67. The van der Waals surface area contributed by atoms with Crippen molar-refractivity contribution in [3.8, 4) is 17.4 Å². The molecule has 0 bridgehead atoms. The van der Waals surface area contributed by atoms with Crippen LogP contribution >= 0.6 is 0 Å². The van der Waals surface area contributed by atoms with Crippen molar-refractivity contribution in [1.82, 2.24) is 15.0 Å². The van der Waals surface area contributed by atoms with E-state index in [1.165, 1.54) is 12.1 Å². The number of ether oxygens (including phenoxy) is 4. The molecule has 11 heteroatoms. The van der Waals surface area contributed by atoms with E-state index in [9.17, 15) is 18.0 Å². The molecule has 4 atom stereocenters. The lowest BCUT2D eigenvalue weighted by atomic mass is 9.94. The smallest absolute Gasteiger partial charge is 0.497 e. The molecule has 1 aromatic heterocycles. The van der Waals surface area contributed by atoms with Crippen LogP contribution in [-0.4, -0.2) is 47.1 Å². The first-order valence-corrected chi connectivity index (χ1v) is 13.0. The van der Waals surface area contributed by atoms with Crippen LogP contribution in [0.4, 0.5) is 13.2 Å². The minimum Gasteiger partial charge on any atom is -0.497 e. The molecule has 0 N–H and O–H groups in total. The van der Waals surface area contributed by atoms with Crippen molar-refractivity contribution >= 4 is 5.97 Å². The van der Waals surface area contributed by atoms with E-state index in [1.807, 2.05) is 24.3 Å². The summed E-state index contributed by atoms with van der Waals surface area (Å²) in [6, 6.07) is 13.7. The highest BCUT2D eigenvalue weighted by Gasteiger charge is 2.44. The van der Waals surface area contributed by atoms with Crippen molar-refractivity contribution in [3.63, 3.8) is 0 Å². The second-order valence-electron chi connectivity index (χ2n) is 9.99. The van der Waals surface area contributed by atoms with E-state index in [4.69, 9.17) is 14.2 Å². The molecule has 1 heterocycles. The lowest BCUT2D eigenvalue weighted by Gasteiger charge is -2.18. The highest BCUT2D eigenvalue weighted by molar-refractivity contribution is 5.89. The van der Waals surface area contributed by atoms with Crippen LogP contribution in [0.1, 0.15) is 60.1 Å². The van der Waals surface area contributed by atoms with Crippen molar-refractivity contribution in [1.29, 1.82) is 0 Å². The highest BCUT2D eigenvalue weighted by Crippen LogP contribution is 2.51. The van der Waals surface area contributed by atoms with E-state index in [0.29, 0.717) is 24.3 Å². The predicted octanol–water partition coefficient (Wildman–Crippen LogP) is 5.76. The average molecular weight is 546 g/mol. The summed E-state index contributed by atoms with van der Waals surface area (Å²) >= 11 is 0. The average Bonchev–Trinajstić information content (AvgIpc) is 3.58. The van der Waals surface area contributed by atoms with Gasteiger partial charge >= 0.3 is 12.3 Å². The van der Waals surface area contributed by atoms with Crippen LogP contribution < -0.4 is 14.2 Å². The molecule has 2 unspecified atom stereocenters. The Balaban J connectivity index is 1.25. The highest BCUT2D eigenvalue weighted by atomic mass is 19.4. The summed E-state index contributed by atoms with van der Waals surface area (Å²) in [6.07, 6.45) is -1.33. The number of nitrogens with zero attached hydrogens (tertiary/aromatic N) is 3. The SMILES string of the molecule is CCOC(=O)c1nnn(Cc2ccc(OC)cc2)c1OC1C[C@@H]2CC(c3ccc(OC(F)(F)F)cc3)C[C@@H]2C1. The van der Waals surface area contributed by atoms with Crippen molar-refractivity contribution in [2.75, 3.05) is 13.7 Å². The van der Waals surface area contributed by atoms with Crippen LogP contribution in [0.15, 0.2) is 48.5 Å². The Morgan fingerprint density at radius 2 is 1.62 bits per heavy atom. The largest absolute Gasteiger partial charge is 0.573 e.